The molecular formula is C14H13IO2. The van der Waals surface area contributed by atoms with Gasteiger partial charge in [0, 0.05) is 10.8 Å². The minimum Gasteiger partial charge on any atom is -0.427 e. The molecule has 3 heteroatoms. The largest absolute Gasteiger partial charge is 0.427 e. The summed E-state index contributed by atoms with van der Waals surface area (Å²) in [7, 11) is 0. The molecule has 0 unspecified atom stereocenters. The van der Waals surface area contributed by atoms with Crippen LogP contribution >= 0.6 is 22.6 Å². The van der Waals surface area contributed by atoms with E-state index in [0.717, 1.165) is 9.81 Å². The average Bonchev–Trinajstić information content (AvgIpc) is 2.37. The third-order valence-corrected chi connectivity index (χ3v) is 3.43. The number of carbonyl (C=O) groups excluding carboxylic acids is 1. The third-order valence-electron chi connectivity index (χ3n) is 2.61. The second-order valence-corrected chi connectivity index (χ2v) is 4.52. The van der Waals surface area contributed by atoms with E-state index in [1.165, 1.54) is 10.9 Å². The van der Waals surface area contributed by atoms with Crippen molar-refractivity contribution in [2.75, 3.05) is 0 Å². The highest BCUT2D eigenvalue weighted by atomic mass is 127. The molecule has 0 N–H and O–H groups in total. The Morgan fingerprint density at radius 2 is 2.12 bits per heavy atom. The fourth-order valence-electron chi connectivity index (χ4n) is 1.70. The van der Waals surface area contributed by atoms with Crippen molar-refractivity contribution in [1.29, 1.82) is 0 Å². The summed E-state index contributed by atoms with van der Waals surface area (Å²) >= 11 is 2.34. The lowest BCUT2D eigenvalue weighted by Gasteiger charge is -2.07. The Morgan fingerprint density at radius 3 is 2.82 bits per heavy atom. The Kier molecular flexibility index (Phi) is 3.99. The standard InChI is InChI=1S/C14H13IO2/c1-2-14(16)17-12-7-6-10-4-3-5-11(9-15)13(10)8-12/h3-8H,2,9H2,1H3. The fraction of sp³-hybridized carbons (Fsp3) is 0.214. The third kappa shape index (κ3) is 2.77. The van der Waals surface area contributed by atoms with Crippen LogP contribution < -0.4 is 4.74 Å². The zero-order chi connectivity index (χ0) is 12.3. The first-order valence-electron chi connectivity index (χ1n) is 5.53. The Hall–Kier alpha value is -1.10. The van der Waals surface area contributed by atoms with Crippen LogP contribution in [0.25, 0.3) is 10.8 Å². The van der Waals surface area contributed by atoms with E-state index in [4.69, 9.17) is 4.74 Å². The van der Waals surface area contributed by atoms with Gasteiger partial charge in [-0.3, -0.25) is 4.79 Å². The summed E-state index contributed by atoms with van der Waals surface area (Å²) in [6.45, 7) is 1.79. The van der Waals surface area contributed by atoms with Crippen LogP contribution in [0.4, 0.5) is 0 Å². The lowest BCUT2D eigenvalue weighted by atomic mass is 10.1. The smallest absolute Gasteiger partial charge is 0.310 e. The van der Waals surface area contributed by atoms with Crippen LogP contribution in [-0.2, 0) is 9.22 Å². The van der Waals surface area contributed by atoms with Crippen molar-refractivity contribution in [2.24, 2.45) is 0 Å². The van der Waals surface area contributed by atoms with E-state index in [0.29, 0.717) is 12.2 Å². The summed E-state index contributed by atoms with van der Waals surface area (Å²) in [4.78, 5) is 11.2. The van der Waals surface area contributed by atoms with Gasteiger partial charge in [-0.1, -0.05) is 53.8 Å². The van der Waals surface area contributed by atoms with Gasteiger partial charge in [0.05, 0.1) is 0 Å². The topological polar surface area (TPSA) is 26.3 Å². The molecule has 2 aromatic carbocycles. The highest BCUT2D eigenvalue weighted by Crippen LogP contribution is 2.25. The van der Waals surface area contributed by atoms with Crippen LogP contribution in [0.2, 0.25) is 0 Å². The lowest BCUT2D eigenvalue weighted by Crippen LogP contribution is -2.05. The van der Waals surface area contributed by atoms with Gasteiger partial charge in [0.15, 0.2) is 0 Å². The molecule has 0 bridgehead atoms. The Balaban J connectivity index is 2.44. The zero-order valence-electron chi connectivity index (χ0n) is 9.57. The van der Waals surface area contributed by atoms with Crippen molar-refractivity contribution in [2.45, 2.75) is 17.8 Å². The van der Waals surface area contributed by atoms with Crippen LogP contribution in [0.1, 0.15) is 18.9 Å². The van der Waals surface area contributed by atoms with Gasteiger partial charge >= 0.3 is 5.97 Å². The maximum atomic E-state index is 11.2. The van der Waals surface area contributed by atoms with E-state index in [1.54, 1.807) is 6.92 Å². The average molecular weight is 340 g/mol. The molecule has 0 aromatic heterocycles. The first-order valence-corrected chi connectivity index (χ1v) is 7.05. The predicted octanol–water partition coefficient (Wildman–Crippen LogP) is 4.09. The van der Waals surface area contributed by atoms with Crippen LogP contribution in [0, 0.1) is 0 Å². The number of alkyl halides is 1. The summed E-state index contributed by atoms with van der Waals surface area (Å²) in [5, 5.41) is 2.33. The number of carbonyl (C=O) groups is 1. The first kappa shape index (κ1) is 12.4. The summed E-state index contributed by atoms with van der Waals surface area (Å²) in [5.74, 6) is 0.429. The molecule has 88 valence electrons. The summed E-state index contributed by atoms with van der Waals surface area (Å²) < 4.78 is 6.17. The maximum Gasteiger partial charge on any atom is 0.310 e. The van der Waals surface area contributed by atoms with Crippen molar-refractivity contribution < 1.29 is 9.53 Å². The van der Waals surface area contributed by atoms with Gasteiger partial charge in [-0.15, -0.1) is 0 Å². The summed E-state index contributed by atoms with van der Waals surface area (Å²) in [6, 6.07) is 12.0. The molecular weight excluding hydrogens is 327 g/mol. The second kappa shape index (κ2) is 5.49. The van der Waals surface area contributed by atoms with Crippen molar-refractivity contribution in [3.8, 4) is 5.75 Å². The molecule has 0 spiro atoms. The lowest BCUT2D eigenvalue weighted by molar-refractivity contribution is -0.134. The van der Waals surface area contributed by atoms with Crippen LogP contribution in [-0.4, -0.2) is 5.97 Å². The number of halogens is 1. The number of ether oxygens (including phenoxy) is 1. The molecule has 0 saturated heterocycles. The number of fused-ring (bicyclic) bond motifs is 1. The normalized spacial score (nSPS) is 10.5. The number of hydrogen-bond acceptors (Lipinski definition) is 2. The summed E-state index contributed by atoms with van der Waals surface area (Å²) in [5.41, 5.74) is 1.26. The molecule has 0 atom stereocenters. The molecule has 0 aliphatic heterocycles. The quantitative estimate of drug-likeness (QED) is 0.364. The molecule has 2 rings (SSSR count). The molecule has 0 aliphatic carbocycles. The van der Waals surface area contributed by atoms with Crippen LogP contribution in [0.15, 0.2) is 36.4 Å². The molecule has 0 heterocycles. The maximum absolute atomic E-state index is 11.2. The molecule has 0 fully saturated rings. The SMILES string of the molecule is CCC(=O)Oc1ccc2cccc(CI)c2c1. The molecule has 0 amide bonds. The van der Waals surface area contributed by atoms with E-state index in [9.17, 15) is 4.79 Å². The highest BCUT2D eigenvalue weighted by molar-refractivity contribution is 14.1. The molecule has 2 aromatic rings. The van der Waals surface area contributed by atoms with Gasteiger partial charge in [-0.25, -0.2) is 0 Å². The van der Waals surface area contributed by atoms with Gasteiger partial charge < -0.3 is 4.74 Å². The van der Waals surface area contributed by atoms with Crippen molar-refractivity contribution >= 4 is 39.3 Å². The highest BCUT2D eigenvalue weighted by Gasteiger charge is 2.05. The van der Waals surface area contributed by atoms with Gasteiger partial charge in [0.1, 0.15) is 5.75 Å². The Bertz CT molecular complexity index is 549. The van der Waals surface area contributed by atoms with E-state index in [1.807, 2.05) is 24.3 Å². The predicted molar refractivity (Wildman–Crippen MR) is 77.6 cm³/mol. The summed E-state index contributed by atoms with van der Waals surface area (Å²) in [6.07, 6.45) is 0.395. The van der Waals surface area contributed by atoms with E-state index in [-0.39, 0.29) is 5.97 Å². The molecule has 0 saturated carbocycles. The van der Waals surface area contributed by atoms with Crippen molar-refractivity contribution in [3.63, 3.8) is 0 Å². The van der Waals surface area contributed by atoms with Gasteiger partial charge in [-0.05, 0) is 28.5 Å². The minimum atomic E-state index is -0.198. The van der Waals surface area contributed by atoms with Crippen molar-refractivity contribution in [1.82, 2.24) is 0 Å². The van der Waals surface area contributed by atoms with Crippen LogP contribution in [0.3, 0.4) is 0 Å². The van der Waals surface area contributed by atoms with Crippen LogP contribution in [0.5, 0.6) is 5.75 Å². The number of hydrogen-bond donors (Lipinski definition) is 0. The fourth-order valence-corrected chi connectivity index (χ4v) is 2.37. The zero-order valence-corrected chi connectivity index (χ0v) is 11.7. The van der Waals surface area contributed by atoms with E-state index in [2.05, 4.69) is 34.7 Å². The van der Waals surface area contributed by atoms with Crippen molar-refractivity contribution in [3.05, 3.63) is 42.0 Å². The Labute approximate surface area is 114 Å². The van der Waals surface area contributed by atoms with E-state index < -0.39 is 0 Å². The van der Waals surface area contributed by atoms with Gasteiger partial charge in [0.25, 0.3) is 0 Å². The number of benzene rings is 2. The number of esters is 1. The monoisotopic (exact) mass is 340 g/mol. The molecule has 0 radical (unpaired) electrons. The van der Waals surface area contributed by atoms with E-state index >= 15 is 0 Å². The number of rotatable bonds is 3. The first-order chi connectivity index (χ1) is 8.24. The van der Waals surface area contributed by atoms with Gasteiger partial charge in [0.2, 0.25) is 0 Å². The second-order valence-electron chi connectivity index (χ2n) is 3.76. The Morgan fingerprint density at radius 1 is 1.29 bits per heavy atom. The van der Waals surface area contributed by atoms with Gasteiger partial charge in [-0.2, -0.15) is 0 Å². The molecule has 0 aliphatic rings. The minimum absolute atomic E-state index is 0.198. The molecule has 2 nitrogen and oxygen atoms in total. The molecule has 17 heavy (non-hydrogen) atoms.